The summed E-state index contributed by atoms with van der Waals surface area (Å²) < 4.78 is 0. The van der Waals surface area contributed by atoms with Crippen molar-refractivity contribution in [3.63, 3.8) is 0 Å². The molecule has 0 bridgehead atoms. The van der Waals surface area contributed by atoms with Crippen molar-refractivity contribution in [2.24, 2.45) is 0 Å². The third-order valence-corrected chi connectivity index (χ3v) is 7.33. The van der Waals surface area contributed by atoms with Crippen LogP contribution in [0.15, 0.2) is 55.1 Å². The average molecular weight is 489 g/mol. The van der Waals surface area contributed by atoms with Crippen LogP contribution < -0.4 is 0 Å². The number of hydrogen-bond donors (Lipinski definition) is 1. The minimum atomic E-state index is -1.57. The number of nitrogens with zero attached hydrogens (tertiary/aromatic N) is 3. The second-order valence-corrected chi connectivity index (χ2v) is 20.4. The highest BCUT2D eigenvalue weighted by Crippen LogP contribution is 2.35. The summed E-state index contributed by atoms with van der Waals surface area (Å²) >= 11 is 0. The van der Waals surface area contributed by atoms with Crippen molar-refractivity contribution in [2.75, 3.05) is 0 Å². The van der Waals surface area contributed by atoms with Gasteiger partial charge in [0.05, 0.1) is 28.6 Å². The van der Waals surface area contributed by atoms with Gasteiger partial charge in [0.25, 0.3) is 0 Å². The van der Waals surface area contributed by atoms with Crippen molar-refractivity contribution in [3.05, 3.63) is 66.2 Å². The SMILES string of the molecule is C[Si](C)(C)C#Cc1cccc(-c2ncnc3c2ccc2c4nc[nH]c4cc(C#C[Si](C)(C)C)c23)c1. The molecule has 0 aliphatic rings. The highest BCUT2D eigenvalue weighted by Gasteiger charge is 2.16. The van der Waals surface area contributed by atoms with Gasteiger partial charge >= 0.3 is 0 Å². The molecule has 0 spiro atoms. The molecule has 0 aliphatic carbocycles. The lowest BCUT2D eigenvalue weighted by atomic mass is 9.97. The van der Waals surface area contributed by atoms with E-state index in [1.807, 2.05) is 0 Å². The quantitative estimate of drug-likeness (QED) is 0.161. The molecule has 2 heterocycles. The largest absolute Gasteiger partial charge is 0.345 e. The molecule has 172 valence electrons. The van der Waals surface area contributed by atoms with E-state index >= 15 is 0 Å². The number of fused-ring (bicyclic) bond motifs is 5. The molecule has 0 radical (unpaired) electrons. The van der Waals surface area contributed by atoms with Gasteiger partial charge in [0.1, 0.15) is 22.5 Å². The van der Waals surface area contributed by atoms with E-state index in [2.05, 4.69) is 115 Å². The molecule has 2 aromatic heterocycles. The summed E-state index contributed by atoms with van der Waals surface area (Å²) in [7, 11) is -3.03. The first-order valence-electron chi connectivity index (χ1n) is 11.8. The van der Waals surface area contributed by atoms with Crippen LogP contribution in [0.25, 0.3) is 44.0 Å². The van der Waals surface area contributed by atoms with Gasteiger partial charge in [0.2, 0.25) is 0 Å². The van der Waals surface area contributed by atoms with Crippen molar-refractivity contribution in [1.29, 1.82) is 0 Å². The van der Waals surface area contributed by atoms with E-state index in [0.717, 1.165) is 55.1 Å². The molecule has 0 atom stereocenters. The second kappa shape index (κ2) is 8.50. The Kier molecular flexibility index (Phi) is 5.59. The Labute approximate surface area is 208 Å². The lowest BCUT2D eigenvalue weighted by Crippen LogP contribution is -2.16. The van der Waals surface area contributed by atoms with Gasteiger partial charge in [-0.2, -0.15) is 0 Å². The molecule has 6 heteroatoms. The van der Waals surface area contributed by atoms with Crippen molar-refractivity contribution in [2.45, 2.75) is 39.3 Å². The minimum Gasteiger partial charge on any atom is -0.345 e. The number of benzene rings is 3. The summed E-state index contributed by atoms with van der Waals surface area (Å²) in [6.45, 7) is 13.5. The normalized spacial score (nSPS) is 11.8. The van der Waals surface area contributed by atoms with E-state index in [0.29, 0.717) is 0 Å². The number of H-pyrrole nitrogens is 1. The Morgan fingerprint density at radius 2 is 1.49 bits per heavy atom. The smallest absolute Gasteiger partial charge is 0.129 e. The first-order chi connectivity index (χ1) is 16.6. The molecule has 5 aromatic rings. The lowest BCUT2D eigenvalue weighted by Gasteiger charge is -2.11. The monoisotopic (exact) mass is 488 g/mol. The lowest BCUT2D eigenvalue weighted by molar-refractivity contribution is 1.23. The zero-order valence-electron chi connectivity index (χ0n) is 21.0. The summed E-state index contributed by atoms with van der Waals surface area (Å²) in [4.78, 5) is 17.3. The van der Waals surface area contributed by atoms with Crippen LogP contribution in [0.4, 0.5) is 0 Å². The van der Waals surface area contributed by atoms with Crippen LogP contribution in [-0.2, 0) is 0 Å². The zero-order valence-corrected chi connectivity index (χ0v) is 23.0. The molecule has 0 saturated heterocycles. The third-order valence-electron chi connectivity index (χ3n) is 5.58. The maximum Gasteiger partial charge on any atom is 0.129 e. The zero-order chi connectivity index (χ0) is 24.8. The molecule has 0 aliphatic heterocycles. The molecule has 0 saturated carbocycles. The second-order valence-electron chi connectivity index (χ2n) is 10.9. The first kappa shape index (κ1) is 23.0. The molecule has 0 amide bonds. The number of aromatic amines is 1. The minimum absolute atomic E-state index is 0.899. The van der Waals surface area contributed by atoms with Crippen LogP contribution in [0.1, 0.15) is 11.1 Å². The van der Waals surface area contributed by atoms with Gasteiger partial charge in [0.15, 0.2) is 0 Å². The predicted molar refractivity (Wildman–Crippen MR) is 153 cm³/mol. The molecule has 1 N–H and O–H groups in total. The molecule has 35 heavy (non-hydrogen) atoms. The van der Waals surface area contributed by atoms with Crippen molar-refractivity contribution in [3.8, 4) is 34.2 Å². The average Bonchev–Trinajstić information content (AvgIpc) is 3.28. The molecule has 0 fully saturated rings. The molecule has 3 aromatic carbocycles. The van der Waals surface area contributed by atoms with Gasteiger partial charge in [-0.15, -0.1) is 11.1 Å². The van der Waals surface area contributed by atoms with Crippen LogP contribution in [0.2, 0.25) is 39.3 Å². The van der Waals surface area contributed by atoms with E-state index in [1.165, 1.54) is 0 Å². The fourth-order valence-electron chi connectivity index (χ4n) is 4.03. The highest BCUT2D eigenvalue weighted by molar-refractivity contribution is 6.84. The van der Waals surface area contributed by atoms with Crippen molar-refractivity contribution in [1.82, 2.24) is 19.9 Å². The predicted octanol–water partition coefficient (Wildman–Crippen LogP) is 6.78. The molecular formula is C29H28N4Si2. The Bertz CT molecular complexity index is 1730. The van der Waals surface area contributed by atoms with Crippen LogP contribution in [0, 0.1) is 22.9 Å². The standard InChI is InChI=1S/C29H28N4Si2/c1-34(2,3)14-12-20-8-7-9-22(16-20)27-24-11-10-23-26(29(24)33-19-31-27)21(13-15-35(4,5)6)17-25-28(23)32-18-30-25/h7-11,16-19H,1-6H3,(H,30,32). The van der Waals surface area contributed by atoms with Crippen LogP contribution >= 0.6 is 0 Å². The molecular weight excluding hydrogens is 461 g/mol. The Balaban J connectivity index is 1.78. The number of hydrogen-bond acceptors (Lipinski definition) is 3. The number of imidazole rings is 1. The van der Waals surface area contributed by atoms with E-state index in [-0.39, 0.29) is 0 Å². The summed E-state index contributed by atoms with van der Waals surface area (Å²) in [5.41, 5.74) is 13.7. The number of rotatable bonds is 1. The van der Waals surface area contributed by atoms with Gasteiger partial charge in [0, 0.05) is 32.8 Å². The fraction of sp³-hybridized carbons (Fsp3) is 0.207. The van der Waals surface area contributed by atoms with Gasteiger partial charge < -0.3 is 4.98 Å². The summed E-state index contributed by atoms with van der Waals surface area (Å²) in [5.74, 6) is 6.86. The summed E-state index contributed by atoms with van der Waals surface area (Å²) in [6, 6.07) is 14.7. The van der Waals surface area contributed by atoms with Gasteiger partial charge in [-0.25, -0.2) is 15.0 Å². The van der Waals surface area contributed by atoms with Gasteiger partial charge in [-0.1, -0.05) is 69.3 Å². The van der Waals surface area contributed by atoms with Crippen LogP contribution in [0.3, 0.4) is 0 Å². The first-order valence-corrected chi connectivity index (χ1v) is 18.8. The fourth-order valence-corrected chi connectivity index (χ4v) is 5.06. The van der Waals surface area contributed by atoms with Crippen LogP contribution in [-0.4, -0.2) is 36.1 Å². The van der Waals surface area contributed by atoms with E-state index in [9.17, 15) is 0 Å². The van der Waals surface area contributed by atoms with Gasteiger partial charge in [-0.05, 0) is 24.3 Å². The summed E-state index contributed by atoms with van der Waals surface area (Å²) in [6.07, 6.45) is 3.39. The molecule has 4 nitrogen and oxygen atoms in total. The van der Waals surface area contributed by atoms with Gasteiger partial charge in [-0.3, -0.25) is 0 Å². The maximum absolute atomic E-state index is 4.75. The van der Waals surface area contributed by atoms with Crippen molar-refractivity contribution >= 4 is 48.9 Å². The molecule has 0 unspecified atom stereocenters. The Morgan fingerprint density at radius 3 is 2.26 bits per heavy atom. The maximum atomic E-state index is 4.75. The number of aromatic nitrogens is 4. The Hall–Kier alpha value is -3.72. The highest BCUT2D eigenvalue weighted by atomic mass is 28.3. The topological polar surface area (TPSA) is 54.5 Å². The molecule has 5 rings (SSSR count). The third kappa shape index (κ3) is 4.77. The van der Waals surface area contributed by atoms with E-state index in [1.54, 1.807) is 12.7 Å². The van der Waals surface area contributed by atoms with E-state index < -0.39 is 16.1 Å². The van der Waals surface area contributed by atoms with Crippen molar-refractivity contribution < 1.29 is 0 Å². The Morgan fingerprint density at radius 1 is 0.743 bits per heavy atom. The number of nitrogens with one attached hydrogen (secondary N) is 1. The summed E-state index contributed by atoms with van der Waals surface area (Å²) in [5, 5.41) is 3.09. The van der Waals surface area contributed by atoms with E-state index in [4.69, 9.17) is 9.97 Å². The van der Waals surface area contributed by atoms with Crippen LogP contribution in [0.5, 0.6) is 0 Å².